The van der Waals surface area contributed by atoms with Gasteiger partial charge in [-0.2, -0.15) is 5.10 Å². The number of H-pyrrole nitrogens is 1. The van der Waals surface area contributed by atoms with Crippen LogP contribution in [-0.4, -0.2) is 21.2 Å². The Balaban J connectivity index is 1.51. The minimum Gasteiger partial charge on any atom is -0.382 e. The number of amides is 2. The minimum absolute atomic E-state index is 0.0949. The van der Waals surface area contributed by atoms with Gasteiger partial charge in [-0.1, -0.05) is 18.2 Å². The van der Waals surface area contributed by atoms with Gasteiger partial charge in [-0.15, -0.1) is 0 Å². The van der Waals surface area contributed by atoms with Crippen molar-refractivity contribution >= 4 is 34.1 Å². The lowest BCUT2D eigenvalue weighted by Gasteiger charge is -2.10. The van der Waals surface area contributed by atoms with Crippen molar-refractivity contribution in [3.63, 3.8) is 0 Å². The first-order chi connectivity index (χ1) is 14.0. The van der Waals surface area contributed by atoms with Crippen molar-refractivity contribution in [2.75, 3.05) is 16.4 Å². The molecule has 0 fully saturated rings. The molecule has 29 heavy (non-hydrogen) atoms. The maximum absolute atomic E-state index is 13.8. The van der Waals surface area contributed by atoms with Crippen LogP contribution in [0.4, 0.5) is 30.8 Å². The molecule has 2 amide bonds. The fourth-order valence-corrected chi connectivity index (χ4v) is 2.99. The fourth-order valence-electron chi connectivity index (χ4n) is 2.99. The Morgan fingerprint density at radius 1 is 1.10 bits per heavy atom. The predicted octanol–water partition coefficient (Wildman–Crippen LogP) is 4.46. The second-order valence-corrected chi connectivity index (χ2v) is 6.32. The number of hydrogen-bond acceptors (Lipinski definition) is 4. The van der Waals surface area contributed by atoms with E-state index in [1.54, 1.807) is 36.7 Å². The van der Waals surface area contributed by atoms with Crippen LogP contribution in [0.3, 0.4) is 0 Å². The lowest BCUT2D eigenvalue weighted by molar-refractivity contribution is 0.262. The van der Waals surface area contributed by atoms with Crippen molar-refractivity contribution in [1.29, 1.82) is 0 Å². The zero-order valence-electron chi connectivity index (χ0n) is 15.0. The molecule has 2 aromatic heterocycles. The van der Waals surface area contributed by atoms with Crippen LogP contribution < -0.4 is 16.4 Å². The number of carbonyl (C=O) groups is 1. The van der Waals surface area contributed by atoms with Crippen LogP contribution in [0.1, 0.15) is 5.56 Å². The van der Waals surface area contributed by atoms with Gasteiger partial charge in [0.2, 0.25) is 0 Å². The van der Waals surface area contributed by atoms with Crippen LogP contribution in [-0.2, 0) is 6.67 Å². The van der Waals surface area contributed by atoms with Crippen molar-refractivity contribution in [1.82, 2.24) is 15.2 Å². The Kier molecular flexibility index (Phi) is 4.78. The third-order valence-corrected chi connectivity index (χ3v) is 4.39. The molecule has 0 saturated carbocycles. The fraction of sp³-hybridized carbons (Fsp3) is 0.0500. The number of alkyl halides is 1. The maximum Gasteiger partial charge on any atom is 0.323 e. The molecule has 4 rings (SSSR count). The number of pyridine rings is 1. The minimum atomic E-state index is -0.749. The van der Waals surface area contributed by atoms with E-state index in [0.717, 1.165) is 28.1 Å². The van der Waals surface area contributed by atoms with Gasteiger partial charge in [0, 0.05) is 17.4 Å². The Hall–Kier alpha value is -4.01. The van der Waals surface area contributed by atoms with Crippen LogP contribution >= 0.6 is 0 Å². The first kappa shape index (κ1) is 18.4. The summed E-state index contributed by atoms with van der Waals surface area (Å²) in [7, 11) is 0. The van der Waals surface area contributed by atoms with Gasteiger partial charge in [0.25, 0.3) is 0 Å². The van der Waals surface area contributed by atoms with E-state index >= 15 is 0 Å². The van der Waals surface area contributed by atoms with E-state index in [9.17, 15) is 13.6 Å². The Labute approximate surface area is 164 Å². The molecule has 0 aliphatic carbocycles. The zero-order chi connectivity index (χ0) is 20.4. The van der Waals surface area contributed by atoms with E-state index in [0.29, 0.717) is 11.5 Å². The number of anilines is 3. The molecule has 4 aromatic rings. The van der Waals surface area contributed by atoms with Gasteiger partial charge in [-0.3, -0.25) is 10.1 Å². The number of aromatic nitrogens is 3. The van der Waals surface area contributed by atoms with Crippen LogP contribution in [0, 0.1) is 5.82 Å². The molecule has 146 valence electrons. The first-order valence-corrected chi connectivity index (χ1v) is 8.65. The van der Waals surface area contributed by atoms with Crippen LogP contribution in [0.5, 0.6) is 0 Å². The Morgan fingerprint density at radius 3 is 2.66 bits per heavy atom. The van der Waals surface area contributed by atoms with Gasteiger partial charge in [0.15, 0.2) is 5.82 Å². The highest BCUT2D eigenvalue weighted by atomic mass is 19.1. The van der Waals surface area contributed by atoms with Crippen LogP contribution in [0.2, 0.25) is 0 Å². The lowest BCUT2D eigenvalue weighted by Crippen LogP contribution is -2.20. The van der Waals surface area contributed by atoms with Gasteiger partial charge in [-0.25, -0.2) is 13.6 Å². The summed E-state index contributed by atoms with van der Waals surface area (Å²) < 4.78 is 26.5. The molecule has 0 unspecified atom stereocenters. The number of halogens is 2. The number of nitrogen functional groups attached to an aromatic ring is 1. The van der Waals surface area contributed by atoms with Gasteiger partial charge in [0.1, 0.15) is 12.5 Å². The molecule has 9 heteroatoms. The highest BCUT2D eigenvalue weighted by Crippen LogP contribution is 2.31. The first-order valence-electron chi connectivity index (χ1n) is 8.65. The molecule has 0 atom stereocenters. The summed E-state index contributed by atoms with van der Waals surface area (Å²) in [4.78, 5) is 16.3. The van der Waals surface area contributed by atoms with Crippen LogP contribution in [0.15, 0.2) is 54.9 Å². The van der Waals surface area contributed by atoms with E-state index in [4.69, 9.17) is 5.73 Å². The molecule has 0 bridgehead atoms. The standard InChI is InChI=1S/C20H16F2N6O/c21-8-11-1-6-15(22)16(7-11)26-20(29)25-13-4-2-12(3-5-13)14-9-24-10-17-18(14)19(23)28-27-17/h1-7,9-10H,8H2,(H3,23,27,28)(H2,25,26,29). The SMILES string of the molecule is Nc1n[nH]c2cncc(-c3ccc(NC(=O)Nc4cc(CF)ccc4F)cc3)c12. The summed E-state index contributed by atoms with van der Waals surface area (Å²) in [5.41, 5.74) is 8.96. The largest absolute Gasteiger partial charge is 0.382 e. The summed E-state index contributed by atoms with van der Waals surface area (Å²) in [6.45, 7) is -0.749. The molecule has 7 nitrogen and oxygen atoms in total. The van der Waals surface area contributed by atoms with Crippen molar-refractivity contribution in [3.8, 4) is 11.1 Å². The lowest BCUT2D eigenvalue weighted by atomic mass is 10.0. The third kappa shape index (κ3) is 3.70. The topological polar surface area (TPSA) is 109 Å². The number of nitrogens with one attached hydrogen (secondary N) is 3. The number of nitrogens with zero attached hydrogens (tertiary/aromatic N) is 2. The Bertz CT molecular complexity index is 1190. The van der Waals surface area contributed by atoms with Gasteiger partial charge < -0.3 is 16.4 Å². The highest BCUT2D eigenvalue weighted by Gasteiger charge is 2.11. The number of hydrogen-bond donors (Lipinski definition) is 4. The average Bonchev–Trinajstić information content (AvgIpc) is 3.11. The normalized spacial score (nSPS) is 10.8. The van der Waals surface area contributed by atoms with Crippen molar-refractivity contribution in [2.24, 2.45) is 0 Å². The van der Waals surface area contributed by atoms with Gasteiger partial charge >= 0.3 is 6.03 Å². The number of carbonyl (C=O) groups excluding carboxylic acids is 1. The molecular weight excluding hydrogens is 378 g/mol. The molecule has 0 aliphatic heterocycles. The molecule has 5 N–H and O–H groups in total. The number of aromatic amines is 1. The maximum atomic E-state index is 13.8. The number of benzene rings is 2. The summed E-state index contributed by atoms with van der Waals surface area (Å²) >= 11 is 0. The van der Waals surface area contributed by atoms with Crippen molar-refractivity contribution in [2.45, 2.75) is 6.67 Å². The Morgan fingerprint density at radius 2 is 1.90 bits per heavy atom. The number of nitrogens with two attached hydrogens (primary N) is 1. The van der Waals surface area contributed by atoms with Crippen molar-refractivity contribution < 1.29 is 13.6 Å². The zero-order valence-corrected chi connectivity index (χ0v) is 15.0. The summed E-state index contributed by atoms with van der Waals surface area (Å²) in [6.07, 6.45) is 3.32. The van der Waals surface area contributed by atoms with E-state index in [1.165, 1.54) is 12.1 Å². The van der Waals surface area contributed by atoms with E-state index in [-0.39, 0.29) is 11.3 Å². The molecule has 2 aromatic carbocycles. The van der Waals surface area contributed by atoms with Crippen LogP contribution in [0.25, 0.3) is 22.0 Å². The van der Waals surface area contributed by atoms with E-state index in [2.05, 4.69) is 25.8 Å². The predicted molar refractivity (Wildman–Crippen MR) is 108 cm³/mol. The second kappa shape index (κ2) is 7.55. The molecule has 0 radical (unpaired) electrons. The number of rotatable bonds is 4. The average molecular weight is 394 g/mol. The van der Waals surface area contributed by atoms with Crippen molar-refractivity contribution in [3.05, 3.63) is 66.2 Å². The van der Waals surface area contributed by atoms with Gasteiger partial charge in [0.05, 0.1) is 22.8 Å². The number of urea groups is 1. The van der Waals surface area contributed by atoms with E-state index < -0.39 is 18.5 Å². The molecule has 0 saturated heterocycles. The molecule has 0 spiro atoms. The molecular formula is C20H16F2N6O. The molecule has 0 aliphatic rings. The second-order valence-electron chi connectivity index (χ2n) is 6.32. The third-order valence-electron chi connectivity index (χ3n) is 4.39. The highest BCUT2D eigenvalue weighted by molar-refractivity contribution is 6.02. The summed E-state index contributed by atoms with van der Waals surface area (Å²) in [5, 5.41) is 12.6. The van der Waals surface area contributed by atoms with Gasteiger partial charge in [-0.05, 0) is 35.4 Å². The molecule has 2 heterocycles. The summed E-state index contributed by atoms with van der Waals surface area (Å²) in [5.74, 6) is -0.275. The quantitative estimate of drug-likeness (QED) is 0.410. The van der Waals surface area contributed by atoms with E-state index in [1.807, 2.05) is 0 Å². The smallest absolute Gasteiger partial charge is 0.323 e. The number of fused-ring (bicyclic) bond motifs is 1. The monoisotopic (exact) mass is 394 g/mol. The summed E-state index contributed by atoms with van der Waals surface area (Å²) in [6, 6.07) is 10.0.